The van der Waals surface area contributed by atoms with E-state index in [1.54, 1.807) is 20.8 Å². The molecule has 0 fully saturated rings. The van der Waals surface area contributed by atoms with E-state index in [-0.39, 0.29) is 6.42 Å². The molecule has 0 aromatic rings. The molecule has 0 aliphatic carbocycles. The Morgan fingerprint density at radius 1 is 1.37 bits per heavy atom. The molecule has 0 aromatic carbocycles. The zero-order valence-corrected chi connectivity index (χ0v) is 12.3. The molecule has 0 aromatic heterocycles. The van der Waals surface area contributed by atoms with E-state index in [9.17, 15) is 14.7 Å². The Balaban J connectivity index is 4.96. The minimum Gasteiger partial charge on any atom is -0.479 e. The molecule has 0 saturated carbocycles. The first kappa shape index (κ1) is 17.5. The third-order valence-electron chi connectivity index (χ3n) is 2.60. The molecule has 0 unspecified atom stereocenters. The van der Waals surface area contributed by atoms with Gasteiger partial charge in [0, 0.05) is 0 Å². The van der Waals surface area contributed by atoms with E-state index in [2.05, 4.69) is 11.9 Å². The van der Waals surface area contributed by atoms with Crippen LogP contribution in [0, 0.1) is 0 Å². The average molecular weight is 271 g/mol. The number of amides is 1. The van der Waals surface area contributed by atoms with Crippen LogP contribution in [0.15, 0.2) is 12.7 Å². The SMILES string of the molecule is C=CC[C@@](CCCC)(NC(=O)OC(C)(C)C)C(=O)O. The minimum atomic E-state index is -1.33. The molecule has 0 radical (unpaired) electrons. The average Bonchev–Trinajstić information content (AvgIpc) is 2.23. The highest BCUT2D eigenvalue weighted by Gasteiger charge is 2.39. The number of carboxylic acid groups (broad SMARTS) is 1. The highest BCUT2D eigenvalue weighted by molar-refractivity contribution is 5.84. The second-order valence-electron chi connectivity index (χ2n) is 5.61. The third-order valence-corrected chi connectivity index (χ3v) is 2.60. The second-order valence-corrected chi connectivity index (χ2v) is 5.61. The van der Waals surface area contributed by atoms with Crippen molar-refractivity contribution in [3.63, 3.8) is 0 Å². The molecule has 1 atom stereocenters. The molecule has 5 heteroatoms. The van der Waals surface area contributed by atoms with Gasteiger partial charge in [0.05, 0.1) is 0 Å². The van der Waals surface area contributed by atoms with Gasteiger partial charge in [0.15, 0.2) is 0 Å². The second kappa shape index (κ2) is 7.16. The predicted octanol–water partition coefficient (Wildman–Crippen LogP) is 3.10. The number of hydrogen-bond acceptors (Lipinski definition) is 3. The number of carbonyl (C=O) groups is 2. The number of nitrogens with one attached hydrogen (secondary N) is 1. The molecular formula is C14H25NO4. The first-order chi connectivity index (χ1) is 8.67. The molecule has 5 nitrogen and oxygen atoms in total. The zero-order valence-electron chi connectivity index (χ0n) is 12.3. The van der Waals surface area contributed by atoms with Crippen molar-refractivity contribution in [3.05, 3.63) is 12.7 Å². The summed E-state index contributed by atoms with van der Waals surface area (Å²) in [6.07, 6.45) is 2.86. The lowest BCUT2D eigenvalue weighted by Gasteiger charge is -2.31. The van der Waals surface area contributed by atoms with Crippen LogP contribution >= 0.6 is 0 Å². The summed E-state index contributed by atoms with van der Waals surface area (Å²) in [7, 11) is 0. The quantitative estimate of drug-likeness (QED) is 0.698. The highest BCUT2D eigenvalue weighted by atomic mass is 16.6. The number of alkyl carbamates (subject to hydrolysis) is 1. The minimum absolute atomic E-state index is 0.168. The van der Waals surface area contributed by atoms with E-state index in [1.165, 1.54) is 6.08 Å². The smallest absolute Gasteiger partial charge is 0.408 e. The Bertz CT molecular complexity index is 333. The fourth-order valence-corrected chi connectivity index (χ4v) is 1.69. The third kappa shape index (κ3) is 6.27. The topological polar surface area (TPSA) is 75.6 Å². The molecule has 0 heterocycles. The van der Waals surface area contributed by atoms with Crippen molar-refractivity contribution in [3.8, 4) is 0 Å². The van der Waals surface area contributed by atoms with E-state index < -0.39 is 23.2 Å². The number of unbranched alkanes of at least 4 members (excludes halogenated alkanes) is 1. The molecule has 0 saturated heterocycles. The van der Waals surface area contributed by atoms with Gasteiger partial charge < -0.3 is 15.2 Å². The summed E-state index contributed by atoms with van der Waals surface area (Å²) in [6.45, 7) is 10.7. The summed E-state index contributed by atoms with van der Waals surface area (Å²) < 4.78 is 5.12. The monoisotopic (exact) mass is 271 g/mol. The summed E-state index contributed by atoms with van der Waals surface area (Å²) in [4.78, 5) is 23.3. The van der Waals surface area contributed by atoms with Crippen molar-refractivity contribution >= 4 is 12.1 Å². The first-order valence-electron chi connectivity index (χ1n) is 6.52. The maximum atomic E-state index is 11.8. The largest absolute Gasteiger partial charge is 0.479 e. The standard InChI is InChI=1S/C14H25NO4/c1-6-8-10-14(9-7-2,11(16)17)15-12(18)19-13(3,4)5/h7H,2,6,8-10H2,1,3-5H3,(H,15,18)(H,16,17)/t14-/m0/s1. The van der Waals surface area contributed by atoms with Crippen molar-refractivity contribution in [2.45, 2.75) is 64.5 Å². The Morgan fingerprint density at radius 2 is 1.95 bits per heavy atom. The van der Waals surface area contributed by atoms with Crippen LogP contribution in [0.1, 0.15) is 53.4 Å². The van der Waals surface area contributed by atoms with Crippen LogP contribution in [-0.4, -0.2) is 28.3 Å². The highest BCUT2D eigenvalue weighted by Crippen LogP contribution is 2.21. The number of carboxylic acids is 1. The number of ether oxygens (including phenoxy) is 1. The molecule has 0 aliphatic rings. The molecule has 2 N–H and O–H groups in total. The van der Waals surface area contributed by atoms with Gasteiger partial charge in [-0.2, -0.15) is 0 Å². The van der Waals surface area contributed by atoms with E-state index in [1.807, 2.05) is 6.92 Å². The molecule has 0 rings (SSSR count). The molecule has 110 valence electrons. The molecular weight excluding hydrogens is 246 g/mol. The van der Waals surface area contributed by atoms with E-state index in [0.29, 0.717) is 12.8 Å². The lowest BCUT2D eigenvalue weighted by atomic mass is 9.89. The van der Waals surface area contributed by atoms with Gasteiger partial charge in [0.1, 0.15) is 11.1 Å². The maximum Gasteiger partial charge on any atom is 0.408 e. The van der Waals surface area contributed by atoms with Crippen LogP contribution in [0.2, 0.25) is 0 Å². The molecule has 0 bridgehead atoms. The summed E-state index contributed by atoms with van der Waals surface area (Å²) >= 11 is 0. The van der Waals surface area contributed by atoms with Gasteiger partial charge in [0.2, 0.25) is 0 Å². The number of carbonyl (C=O) groups excluding carboxylic acids is 1. The van der Waals surface area contributed by atoms with Crippen molar-refractivity contribution in [1.29, 1.82) is 0 Å². The van der Waals surface area contributed by atoms with Gasteiger partial charge in [-0.05, 0) is 33.6 Å². The molecule has 0 aliphatic heterocycles. The van der Waals surface area contributed by atoms with E-state index in [0.717, 1.165) is 6.42 Å². The van der Waals surface area contributed by atoms with E-state index >= 15 is 0 Å². The normalized spacial score (nSPS) is 14.3. The lowest BCUT2D eigenvalue weighted by Crippen LogP contribution is -2.55. The van der Waals surface area contributed by atoms with Gasteiger partial charge in [-0.1, -0.05) is 25.8 Å². The van der Waals surface area contributed by atoms with Crippen molar-refractivity contribution in [2.75, 3.05) is 0 Å². The zero-order chi connectivity index (χ0) is 15.1. The van der Waals surface area contributed by atoms with Crippen LogP contribution in [0.25, 0.3) is 0 Å². The fraction of sp³-hybridized carbons (Fsp3) is 0.714. The predicted molar refractivity (Wildman–Crippen MR) is 74.1 cm³/mol. The van der Waals surface area contributed by atoms with Crippen LogP contribution in [-0.2, 0) is 9.53 Å². The maximum absolute atomic E-state index is 11.8. The van der Waals surface area contributed by atoms with Crippen molar-refractivity contribution < 1.29 is 19.4 Å². The Morgan fingerprint density at radius 3 is 2.32 bits per heavy atom. The Hall–Kier alpha value is -1.52. The lowest BCUT2D eigenvalue weighted by molar-refractivity contribution is -0.145. The summed E-state index contributed by atoms with van der Waals surface area (Å²) in [6, 6.07) is 0. The van der Waals surface area contributed by atoms with Crippen LogP contribution in [0.3, 0.4) is 0 Å². The Kier molecular flexibility index (Phi) is 6.59. The van der Waals surface area contributed by atoms with Crippen molar-refractivity contribution in [1.82, 2.24) is 5.32 Å². The van der Waals surface area contributed by atoms with Gasteiger partial charge in [-0.25, -0.2) is 9.59 Å². The number of rotatable bonds is 7. The molecule has 1 amide bonds. The van der Waals surface area contributed by atoms with E-state index in [4.69, 9.17) is 4.74 Å². The van der Waals surface area contributed by atoms with Crippen LogP contribution in [0.4, 0.5) is 4.79 Å². The number of aliphatic carboxylic acids is 1. The first-order valence-corrected chi connectivity index (χ1v) is 6.52. The van der Waals surface area contributed by atoms with Gasteiger partial charge >= 0.3 is 12.1 Å². The van der Waals surface area contributed by atoms with Crippen LogP contribution in [0.5, 0.6) is 0 Å². The molecule has 0 spiro atoms. The summed E-state index contributed by atoms with van der Waals surface area (Å²) in [5.41, 5.74) is -1.99. The number of hydrogen-bond donors (Lipinski definition) is 2. The summed E-state index contributed by atoms with van der Waals surface area (Å²) in [5, 5.41) is 11.9. The van der Waals surface area contributed by atoms with Gasteiger partial charge in [-0.15, -0.1) is 6.58 Å². The van der Waals surface area contributed by atoms with Crippen LogP contribution < -0.4 is 5.32 Å². The Labute approximate surface area is 115 Å². The fourth-order valence-electron chi connectivity index (χ4n) is 1.69. The van der Waals surface area contributed by atoms with Gasteiger partial charge in [0.25, 0.3) is 0 Å². The summed E-state index contributed by atoms with van der Waals surface area (Å²) in [5.74, 6) is -1.06. The molecule has 19 heavy (non-hydrogen) atoms. The van der Waals surface area contributed by atoms with Gasteiger partial charge in [-0.3, -0.25) is 0 Å². The van der Waals surface area contributed by atoms with Crippen molar-refractivity contribution in [2.24, 2.45) is 0 Å².